The molecule has 0 amide bonds. The summed E-state index contributed by atoms with van der Waals surface area (Å²) in [6.07, 6.45) is 0.467. The normalized spacial score (nSPS) is 11.8. The van der Waals surface area contributed by atoms with E-state index in [0.29, 0.717) is 12.0 Å². The topological polar surface area (TPSA) is 49.7 Å². The van der Waals surface area contributed by atoms with Crippen LogP contribution in [0.4, 0.5) is 4.39 Å². The molecule has 4 heteroatoms. The van der Waals surface area contributed by atoms with Gasteiger partial charge in [-0.25, -0.2) is 4.39 Å². The average molecular weight is 228 g/mol. The quantitative estimate of drug-likeness (QED) is 0.775. The van der Waals surface area contributed by atoms with Crippen molar-refractivity contribution < 1.29 is 19.3 Å². The van der Waals surface area contributed by atoms with Gasteiger partial charge in [-0.2, -0.15) is 0 Å². The Bertz CT molecular complexity index is 316. The van der Waals surface area contributed by atoms with E-state index in [0.717, 1.165) is 0 Å². The first-order valence-electron chi connectivity index (χ1n) is 5.26. The van der Waals surface area contributed by atoms with Gasteiger partial charge in [0.15, 0.2) is 0 Å². The maximum absolute atomic E-state index is 13.3. The van der Waals surface area contributed by atoms with Crippen molar-refractivity contribution in [2.24, 2.45) is 0 Å². The fraction of sp³-hybridized carbons (Fsp3) is 0.500. The van der Waals surface area contributed by atoms with Gasteiger partial charge in [-0.15, -0.1) is 0 Å². The summed E-state index contributed by atoms with van der Waals surface area (Å²) < 4.78 is 18.7. The second kappa shape index (κ2) is 5.94. The molecule has 0 radical (unpaired) electrons. The second-order valence-electron chi connectivity index (χ2n) is 3.73. The Labute approximate surface area is 94.5 Å². The number of rotatable bonds is 6. The molecule has 2 N–H and O–H groups in total. The summed E-state index contributed by atoms with van der Waals surface area (Å²) in [7, 11) is 0. The Morgan fingerprint density at radius 1 is 1.25 bits per heavy atom. The van der Waals surface area contributed by atoms with Crippen molar-refractivity contribution in [3.8, 4) is 0 Å². The van der Waals surface area contributed by atoms with Gasteiger partial charge in [0.1, 0.15) is 11.4 Å². The molecule has 0 fully saturated rings. The Morgan fingerprint density at radius 2 is 1.88 bits per heavy atom. The van der Waals surface area contributed by atoms with Gasteiger partial charge in [-0.3, -0.25) is 0 Å². The standard InChI is InChI=1S/C12H17FO3/c1-2-12(8-14,9-15)16-7-10-5-3-4-6-11(10)13/h3-6,14-15H,2,7-9H2,1H3. The van der Waals surface area contributed by atoms with Crippen LogP contribution in [0.3, 0.4) is 0 Å². The van der Waals surface area contributed by atoms with E-state index in [1.54, 1.807) is 25.1 Å². The summed E-state index contributed by atoms with van der Waals surface area (Å²) in [4.78, 5) is 0. The Hall–Kier alpha value is -0.970. The lowest BCUT2D eigenvalue weighted by molar-refractivity contribution is -0.119. The Morgan fingerprint density at radius 3 is 2.38 bits per heavy atom. The van der Waals surface area contributed by atoms with Gasteiger partial charge in [-0.05, 0) is 12.5 Å². The maximum atomic E-state index is 13.3. The highest BCUT2D eigenvalue weighted by Crippen LogP contribution is 2.18. The summed E-state index contributed by atoms with van der Waals surface area (Å²) >= 11 is 0. The zero-order valence-electron chi connectivity index (χ0n) is 9.32. The van der Waals surface area contributed by atoms with Crippen molar-refractivity contribution in [2.75, 3.05) is 13.2 Å². The first-order chi connectivity index (χ1) is 7.67. The van der Waals surface area contributed by atoms with E-state index in [1.165, 1.54) is 6.07 Å². The third kappa shape index (κ3) is 3.01. The lowest BCUT2D eigenvalue weighted by Gasteiger charge is -2.28. The van der Waals surface area contributed by atoms with Crippen molar-refractivity contribution >= 4 is 0 Å². The third-order valence-corrected chi connectivity index (χ3v) is 2.71. The van der Waals surface area contributed by atoms with Gasteiger partial charge >= 0.3 is 0 Å². The van der Waals surface area contributed by atoms with Crippen LogP contribution in [0.1, 0.15) is 18.9 Å². The Balaban J connectivity index is 2.66. The predicted octanol–water partition coefficient (Wildman–Crippen LogP) is 1.48. The van der Waals surface area contributed by atoms with Crippen LogP contribution in [0, 0.1) is 5.82 Å². The molecule has 16 heavy (non-hydrogen) atoms. The first-order valence-corrected chi connectivity index (χ1v) is 5.26. The largest absolute Gasteiger partial charge is 0.393 e. The molecule has 1 rings (SSSR count). The first kappa shape index (κ1) is 13.1. The Kier molecular flexibility index (Phi) is 4.86. The molecule has 90 valence electrons. The van der Waals surface area contributed by atoms with E-state index in [4.69, 9.17) is 14.9 Å². The minimum atomic E-state index is -0.984. The van der Waals surface area contributed by atoms with Crippen LogP contribution < -0.4 is 0 Å². The molecule has 0 atom stereocenters. The molecular formula is C12H17FO3. The number of ether oxygens (including phenoxy) is 1. The summed E-state index contributed by atoms with van der Waals surface area (Å²) in [6.45, 7) is 1.28. The number of hydrogen-bond acceptors (Lipinski definition) is 3. The summed E-state index contributed by atoms with van der Waals surface area (Å²) in [5.74, 6) is -0.344. The van der Waals surface area contributed by atoms with E-state index in [2.05, 4.69) is 0 Å². The molecule has 0 aliphatic rings. The van der Waals surface area contributed by atoms with Crippen molar-refractivity contribution in [1.82, 2.24) is 0 Å². The van der Waals surface area contributed by atoms with E-state index >= 15 is 0 Å². The van der Waals surface area contributed by atoms with Crippen LogP contribution in [0.5, 0.6) is 0 Å². The van der Waals surface area contributed by atoms with E-state index < -0.39 is 5.60 Å². The smallest absolute Gasteiger partial charge is 0.128 e. The van der Waals surface area contributed by atoms with Gasteiger partial charge in [0.05, 0.1) is 19.8 Å². The van der Waals surface area contributed by atoms with Crippen LogP contribution in [0.2, 0.25) is 0 Å². The highest BCUT2D eigenvalue weighted by molar-refractivity contribution is 5.16. The zero-order valence-corrected chi connectivity index (χ0v) is 9.32. The molecule has 0 bridgehead atoms. The fourth-order valence-electron chi connectivity index (χ4n) is 1.31. The average Bonchev–Trinajstić information content (AvgIpc) is 2.34. The molecule has 0 unspecified atom stereocenters. The monoisotopic (exact) mass is 228 g/mol. The van der Waals surface area contributed by atoms with Crippen molar-refractivity contribution in [3.05, 3.63) is 35.6 Å². The molecule has 0 aromatic heterocycles. The van der Waals surface area contributed by atoms with Crippen LogP contribution >= 0.6 is 0 Å². The number of aliphatic hydroxyl groups is 2. The minimum Gasteiger partial charge on any atom is -0.393 e. The van der Waals surface area contributed by atoms with Gasteiger partial charge in [0, 0.05) is 5.56 Å². The lowest BCUT2D eigenvalue weighted by atomic mass is 10.0. The molecule has 3 nitrogen and oxygen atoms in total. The molecule has 0 aliphatic heterocycles. The van der Waals surface area contributed by atoms with Crippen molar-refractivity contribution in [2.45, 2.75) is 25.6 Å². The minimum absolute atomic E-state index is 0.0433. The van der Waals surface area contributed by atoms with Gasteiger partial charge in [-0.1, -0.05) is 25.1 Å². The predicted molar refractivity (Wildman–Crippen MR) is 58.4 cm³/mol. The molecule has 0 aliphatic carbocycles. The number of benzene rings is 1. The summed E-state index contributed by atoms with van der Waals surface area (Å²) in [5, 5.41) is 18.3. The molecule has 1 aromatic carbocycles. The number of halogens is 1. The summed E-state index contributed by atoms with van der Waals surface area (Å²) in [6, 6.07) is 6.28. The van der Waals surface area contributed by atoms with E-state index in [1.807, 2.05) is 0 Å². The third-order valence-electron chi connectivity index (χ3n) is 2.71. The van der Waals surface area contributed by atoms with Crippen LogP contribution in [-0.4, -0.2) is 29.0 Å². The number of aliphatic hydroxyl groups excluding tert-OH is 2. The van der Waals surface area contributed by atoms with Crippen LogP contribution in [0.25, 0.3) is 0 Å². The molecule has 0 saturated heterocycles. The van der Waals surface area contributed by atoms with Gasteiger partial charge < -0.3 is 14.9 Å². The SMILES string of the molecule is CCC(CO)(CO)OCc1ccccc1F. The van der Waals surface area contributed by atoms with Gasteiger partial charge in [0.25, 0.3) is 0 Å². The molecule has 0 heterocycles. The van der Waals surface area contributed by atoms with Crippen molar-refractivity contribution in [3.63, 3.8) is 0 Å². The second-order valence-corrected chi connectivity index (χ2v) is 3.73. The molecular weight excluding hydrogens is 211 g/mol. The van der Waals surface area contributed by atoms with E-state index in [9.17, 15) is 4.39 Å². The molecule has 0 spiro atoms. The molecule has 1 aromatic rings. The highest BCUT2D eigenvalue weighted by atomic mass is 19.1. The van der Waals surface area contributed by atoms with Crippen LogP contribution in [0.15, 0.2) is 24.3 Å². The maximum Gasteiger partial charge on any atom is 0.128 e. The van der Waals surface area contributed by atoms with Crippen LogP contribution in [-0.2, 0) is 11.3 Å². The summed E-state index contributed by atoms with van der Waals surface area (Å²) in [5.41, 5.74) is -0.565. The van der Waals surface area contributed by atoms with E-state index in [-0.39, 0.29) is 25.6 Å². The van der Waals surface area contributed by atoms with Crippen molar-refractivity contribution in [1.29, 1.82) is 0 Å². The fourth-order valence-corrected chi connectivity index (χ4v) is 1.31. The lowest BCUT2D eigenvalue weighted by Crippen LogP contribution is -2.40. The number of hydrogen-bond donors (Lipinski definition) is 2. The zero-order chi connectivity index (χ0) is 12.0. The molecule has 0 saturated carbocycles. The highest BCUT2D eigenvalue weighted by Gasteiger charge is 2.27. The van der Waals surface area contributed by atoms with Gasteiger partial charge in [0.2, 0.25) is 0 Å².